The molecule has 0 spiro atoms. The van der Waals surface area contributed by atoms with Crippen molar-refractivity contribution in [2.24, 2.45) is 17.3 Å². The van der Waals surface area contributed by atoms with Gasteiger partial charge in [0.25, 0.3) is 0 Å². The highest BCUT2D eigenvalue weighted by molar-refractivity contribution is 5.92. The SMILES string of the molecule is C/C=C(/C)C(=O)O[C@]1(C)C(=O)O[C@@H]2[C@H]1CC[C@]1(C)[C@H](O)C=C[C@@](C)(O)[C@@H]21. The number of carbonyl (C=O) groups excluding carboxylic acids is 2. The summed E-state index contributed by atoms with van der Waals surface area (Å²) in [5.41, 5.74) is -2.82. The Labute approximate surface area is 153 Å². The van der Waals surface area contributed by atoms with Crippen molar-refractivity contribution in [3.8, 4) is 0 Å². The van der Waals surface area contributed by atoms with E-state index in [1.54, 1.807) is 45.9 Å². The molecule has 6 heteroatoms. The number of hydrogen-bond acceptors (Lipinski definition) is 6. The number of fused-ring (bicyclic) bond motifs is 3. The van der Waals surface area contributed by atoms with Gasteiger partial charge in [0.15, 0.2) is 0 Å². The molecule has 3 aliphatic rings. The first kappa shape index (κ1) is 19.1. The van der Waals surface area contributed by atoms with Gasteiger partial charge in [0, 0.05) is 22.8 Å². The molecule has 0 aromatic carbocycles. The number of rotatable bonds is 2. The van der Waals surface area contributed by atoms with Gasteiger partial charge >= 0.3 is 11.9 Å². The average molecular weight is 364 g/mol. The van der Waals surface area contributed by atoms with Gasteiger partial charge < -0.3 is 19.7 Å². The molecule has 1 saturated heterocycles. The van der Waals surface area contributed by atoms with Crippen LogP contribution in [0.2, 0.25) is 0 Å². The fraction of sp³-hybridized carbons (Fsp3) is 0.700. The van der Waals surface area contributed by atoms with Crippen molar-refractivity contribution in [2.75, 3.05) is 0 Å². The highest BCUT2D eigenvalue weighted by Crippen LogP contribution is 2.58. The molecule has 3 rings (SSSR count). The second kappa shape index (κ2) is 5.92. The van der Waals surface area contributed by atoms with Crippen LogP contribution in [0.25, 0.3) is 0 Å². The van der Waals surface area contributed by atoms with Crippen LogP contribution in [-0.4, -0.2) is 45.6 Å². The Bertz CT molecular complexity index is 692. The van der Waals surface area contributed by atoms with Crippen LogP contribution in [0.3, 0.4) is 0 Å². The number of allylic oxidation sites excluding steroid dienone is 1. The first-order valence-corrected chi connectivity index (χ1v) is 9.14. The van der Waals surface area contributed by atoms with Crippen LogP contribution >= 0.6 is 0 Å². The van der Waals surface area contributed by atoms with Crippen LogP contribution in [0.5, 0.6) is 0 Å². The maximum Gasteiger partial charge on any atom is 0.351 e. The summed E-state index contributed by atoms with van der Waals surface area (Å²) in [7, 11) is 0. The Balaban J connectivity index is 1.98. The third kappa shape index (κ3) is 2.54. The van der Waals surface area contributed by atoms with Gasteiger partial charge in [-0.1, -0.05) is 25.2 Å². The van der Waals surface area contributed by atoms with Gasteiger partial charge in [0.05, 0.1) is 11.7 Å². The van der Waals surface area contributed by atoms with Crippen LogP contribution in [-0.2, 0) is 19.1 Å². The van der Waals surface area contributed by atoms with E-state index in [-0.39, 0.29) is 5.92 Å². The summed E-state index contributed by atoms with van der Waals surface area (Å²) in [4.78, 5) is 25.0. The molecule has 2 aliphatic carbocycles. The third-order valence-corrected chi connectivity index (χ3v) is 6.77. The van der Waals surface area contributed by atoms with Crippen molar-refractivity contribution < 1.29 is 29.3 Å². The molecule has 0 unspecified atom stereocenters. The van der Waals surface area contributed by atoms with Crippen molar-refractivity contribution in [2.45, 2.75) is 70.9 Å². The van der Waals surface area contributed by atoms with Crippen molar-refractivity contribution in [3.05, 3.63) is 23.8 Å². The van der Waals surface area contributed by atoms with Crippen LogP contribution in [0, 0.1) is 17.3 Å². The minimum atomic E-state index is -1.39. The van der Waals surface area contributed by atoms with Gasteiger partial charge in [0.1, 0.15) is 6.10 Å². The summed E-state index contributed by atoms with van der Waals surface area (Å²) in [6.07, 6.45) is 4.62. The van der Waals surface area contributed by atoms with Crippen molar-refractivity contribution in [1.82, 2.24) is 0 Å². The van der Waals surface area contributed by atoms with Crippen LogP contribution < -0.4 is 0 Å². The molecule has 1 saturated carbocycles. The maximum absolute atomic E-state index is 12.7. The van der Waals surface area contributed by atoms with E-state index in [0.717, 1.165) is 0 Å². The molecule has 0 aromatic rings. The smallest absolute Gasteiger partial charge is 0.351 e. The molecule has 0 radical (unpaired) electrons. The Hall–Kier alpha value is -1.66. The first-order valence-electron chi connectivity index (χ1n) is 9.14. The zero-order valence-electron chi connectivity index (χ0n) is 16.0. The molecule has 2 N–H and O–H groups in total. The number of carbonyl (C=O) groups is 2. The summed E-state index contributed by atoms with van der Waals surface area (Å²) in [5.74, 6) is -1.99. The van der Waals surface area contributed by atoms with Gasteiger partial charge in [0.2, 0.25) is 5.60 Å². The normalized spacial score (nSPS) is 47.8. The second-order valence-electron chi connectivity index (χ2n) is 8.50. The molecule has 0 amide bonds. The van der Waals surface area contributed by atoms with Gasteiger partial charge in [-0.25, -0.2) is 9.59 Å². The second-order valence-corrected chi connectivity index (χ2v) is 8.50. The standard InChI is InChI=1S/C20H28O6/c1-6-11(2)16(22)26-20(5)12-7-9-18(3)13(21)8-10-19(4,24)15(18)14(12)25-17(20)23/h6,8,10,12-15,21,24H,7,9H2,1-5H3/b11-6-/t12-,13-,14-,15+,18-,19-,20+/m1/s1. The van der Waals surface area contributed by atoms with Crippen molar-refractivity contribution in [1.29, 1.82) is 0 Å². The highest BCUT2D eigenvalue weighted by Gasteiger charge is 2.68. The molecule has 144 valence electrons. The van der Waals surface area contributed by atoms with Crippen LogP contribution in [0.15, 0.2) is 23.8 Å². The molecular weight excluding hydrogens is 336 g/mol. The van der Waals surface area contributed by atoms with Crippen molar-refractivity contribution in [3.63, 3.8) is 0 Å². The van der Waals surface area contributed by atoms with Crippen LogP contribution in [0.1, 0.15) is 47.5 Å². The molecule has 1 heterocycles. The Morgan fingerprint density at radius 2 is 2.04 bits per heavy atom. The van der Waals surface area contributed by atoms with E-state index < -0.39 is 46.7 Å². The number of ether oxygens (including phenoxy) is 2. The number of esters is 2. The summed E-state index contributed by atoms with van der Waals surface area (Å²) in [5, 5.41) is 21.5. The molecule has 6 nitrogen and oxygen atoms in total. The van der Waals surface area contributed by atoms with Crippen LogP contribution in [0.4, 0.5) is 0 Å². The minimum Gasteiger partial charge on any atom is -0.458 e. The summed E-state index contributed by atoms with van der Waals surface area (Å²) in [6, 6.07) is 0. The van der Waals surface area contributed by atoms with Gasteiger partial charge in [-0.2, -0.15) is 0 Å². The Morgan fingerprint density at radius 3 is 2.65 bits per heavy atom. The van der Waals surface area contributed by atoms with Gasteiger partial charge in [-0.15, -0.1) is 0 Å². The number of aliphatic hydroxyl groups excluding tert-OH is 1. The predicted molar refractivity (Wildman–Crippen MR) is 93.9 cm³/mol. The van der Waals surface area contributed by atoms with E-state index >= 15 is 0 Å². The maximum atomic E-state index is 12.7. The quantitative estimate of drug-likeness (QED) is 0.442. The highest BCUT2D eigenvalue weighted by atomic mass is 16.6. The minimum absolute atomic E-state index is 0.369. The predicted octanol–water partition coefficient (Wildman–Crippen LogP) is 1.89. The molecule has 1 aliphatic heterocycles. The lowest BCUT2D eigenvalue weighted by molar-refractivity contribution is -0.175. The fourth-order valence-electron chi connectivity index (χ4n) is 4.97. The van der Waals surface area contributed by atoms with E-state index in [1.165, 1.54) is 0 Å². The Morgan fingerprint density at radius 1 is 1.38 bits per heavy atom. The van der Waals surface area contributed by atoms with E-state index in [9.17, 15) is 19.8 Å². The molecule has 7 atom stereocenters. The molecule has 2 fully saturated rings. The first-order chi connectivity index (χ1) is 12.0. The van der Waals surface area contributed by atoms with E-state index in [1.807, 2.05) is 6.92 Å². The number of aliphatic hydroxyl groups is 2. The molecule has 0 bridgehead atoms. The van der Waals surface area contributed by atoms with Crippen molar-refractivity contribution >= 4 is 11.9 Å². The lowest BCUT2D eigenvalue weighted by Crippen LogP contribution is -2.61. The molecular formula is C20H28O6. The third-order valence-electron chi connectivity index (χ3n) is 6.77. The van der Waals surface area contributed by atoms with Gasteiger partial charge in [-0.3, -0.25) is 0 Å². The van der Waals surface area contributed by atoms with Gasteiger partial charge in [-0.05, 0) is 40.5 Å². The zero-order chi connectivity index (χ0) is 19.5. The topological polar surface area (TPSA) is 93.1 Å². The van der Waals surface area contributed by atoms with E-state index in [4.69, 9.17) is 9.47 Å². The Kier molecular flexibility index (Phi) is 4.36. The zero-order valence-corrected chi connectivity index (χ0v) is 16.0. The van der Waals surface area contributed by atoms with E-state index in [2.05, 4.69) is 0 Å². The lowest BCUT2D eigenvalue weighted by atomic mass is 9.52. The average Bonchev–Trinajstić information content (AvgIpc) is 2.80. The largest absolute Gasteiger partial charge is 0.458 e. The number of hydrogen-bond donors (Lipinski definition) is 2. The lowest BCUT2D eigenvalue weighted by Gasteiger charge is -2.55. The monoisotopic (exact) mass is 364 g/mol. The molecule has 26 heavy (non-hydrogen) atoms. The fourth-order valence-corrected chi connectivity index (χ4v) is 4.97. The summed E-state index contributed by atoms with van der Waals surface area (Å²) in [6.45, 7) is 8.53. The summed E-state index contributed by atoms with van der Waals surface area (Å²) < 4.78 is 11.3. The molecule has 0 aromatic heterocycles. The van der Waals surface area contributed by atoms with E-state index in [0.29, 0.717) is 18.4 Å². The summed E-state index contributed by atoms with van der Waals surface area (Å²) >= 11 is 0.